The quantitative estimate of drug-likeness (QED) is 0.643. The Morgan fingerprint density at radius 1 is 1.42 bits per heavy atom. The second kappa shape index (κ2) is 5.38. The van der Waals surface area contributed by atoms with Crippen LogP contribution in [0.5, 0.6) is 5.75 Å². The number of benzene rings is 1. The Labute approximate surface area is 112 Å². The fraction of sp³-hybridized carbons (Fsp3) is 0.417. The molecule has 1 fully saturated rings. The molecule has 1 atom stereocenters. The van der Waals surface area contributed by atoms with Crippen LogP contribution < -0.4 is 4.74 Å². The Morgan fingerprint density at radius 2 is 2.16 bits per heavy atom. The molecule has 0 aliphatic carbocycles. The minimum Gasteiger partial charge on any atom is -0.427 e. The third-order valence-electron chi connectivity index (χ3n) is 2.63. The predicted molar refractivity (Wildman–Crippen MR) is 70.5 cm³/mol. The monoisotopic (exact) mass is 288 g/mol. The summed E-state index contributed by atoms with van der Waals surface area (Å²) in [6, 6.07) is 5.40. The average Bonchev–Trinajstić information content (AvgIpc) is 2.62. The summed E-state index contributed by atoms with van der Waals surface area (Å²) in [7, 11) is -3.06. The number of hydrogen-bond donors (Lipinski definition) is 2. The maximum atomic E-state index is 11.6. The van der Waals surface area contributed by atoms with E-state index in [9.17, 15) is 13.9 Å². The number of ether oxygens (including phenoxy) is 2. The van der Waals surface area contributed by atoms with Crippen LogP contribution in [0.1, 0.15) is 11.1 Å². The zero-order valence-corrected chi connectivity index (χ0v) is 11.5. The van der Waals surface area contributed by atoms with Gasteiger partial charge in [-0.25, -0.2) is 4.79 Å². The highest BCUT2D eigenvalue weighted by atomic mass is 32.3. The summed E-state index contributed by atoms with van der Waals surface area (Å²) in [4.78, 5) is 11.6. The standard InChI is InChI=1S/C12H16O6S/c1-8-3-4-11(9(2)5-8)18-12(13)17-10-6-16-19(14,15)7-10/h3-5,10,14-15H,6-7H2,1-2H3. The number of aryl methyl sites for hydroxylation is 2. The topological polar surface area (TPSA) is 85.2 Å². The van der Waals surface area contributed by atoms with Gasteiger partial charge in [0.2, 0.25) is 0 Å². The zero-order valence-electron chi connectivity index (χ0n) is 10.7. The molecule has 0 amide bonds. The van der Waals surface area contributed by atoms with Gasteiger partial charge in [0.1, 0.15) is 18.5 Å². The van der Waals surface area contributed by atoms with Gasteiger partial charge in [-0.2, -0.15) is 0 Å². The molecule has 2 N–H and O–H groups in total. The molecule has 0 aromatic heterocycles. The van der Waals surface area contributed by atoms with E-state index < -0.39 is 23.1 Å². The first-order valence-corrected chi connectivity index (χ1v) is 7.36. The number of carbonyl (C=O) groups is 1. The smallest absolute Gasteiger partial charge is 0.427 e. The van der Waals surface area contributed by atoms with Crippen molar-refractivity contribution in [1.82, 2.24) is 0 Å². The molecule has 0 radical (unpaired) electrons. The highest BCUT2D eigenvalue weighted by molar-refractivity contribution is 8.20. The summed E-state index contributed by atoms with van der Waals surface area (Å²) < 4.78 is 33.2. The molecule has 1 aromatic rings. The Balaban J connectivity index is 1.91. The molecule has 0 saturated carbocycles. The lowest BCUT2D eigenvalue weighted by atomic mass is 10.1. The van der Waals surface area contributed by atoms with Crippen LogP contribution in [0.2, 0.25) is 0 Å². The molecule has 2 rings (SSSR count). The maximum absolute atomic E-state index is 11.6. The first kappa shape index (κ1) is 14.1. The predicted octanol–water partition coefficient (Wildman–Crippen LogP) is 2.88. The van der Waals surface area contributed by atoms with Gasteiger partial charge in [-0.05, 0) is 25.5 Å². The summed E-state index contributed by atoms with van der Waals surface area (Å²) in [6.45, 7) is 3.73. The summed E-state index contributed by atoms with van der Waals surface area (Å²) >= 11 is 0. The molecule has 1 aliphatic rings. The summed E-state index contributed by atoms with van der Waals surface area (Å²) in [5, 5.41) is 0. The SMILES string of the molecule is Cc1ccc(OC(=O)OC2COS(O)(O)C2)c(C)c1. The largest absolute Gasteiger partial charge is 0.514 e. The van der Waals surface area contributed by atoms with Gasteiger partial charge in [0.15, 0.2) is 0 Å². The molecule has 19 heavy (non-hydrogen) atoms. The van der Waals surface area contributed by atoms with E-state index >= 15 is 0 Å². The van der Waals surface area contributed by atoms with Crippen molar-refractivity contribution in [3.63, 3.8) is 0 Å². The minimum atomic E-state index is -3.06. The Bertz CT molecular complexity index is 487. The van der Waals surface area contributed by atoms with Crippen LogP contribution in [0.15, 0.2) is 18.2 Å². The van der Waals surface area contributed by atoms with Gasteiger partial charge in [0.25, 0.3) is 0 Å². The number of carbonyl (C=O) groups excluding carboxylic acids is 1. The third-order valence-corrected chi connectivity index (χ3v) is 3.95. The van der Waals surface area contributed by atoms with E-state index in [1.165, 1.54) is 0 Å². The van der Waals surface area contributed by atoms with Crippen molar-refractivity contribution < 1.29 is 27.6 Å². The lowest BCUT2D eigenvalue weighted by Crippen LogP contribution is -2.23. The Hall–Kier alpha value is -1.28. The van der Waals surface area contributed by atoms with Crippen LogP contribution in [0.25, 0.3) is 0 Å². The van der Waals surface area contributed by atoms with Crippen LogP contribution in [0, 0.1) is 13.8 Å². The van der Waals surface area contributed by atoms with Crippen LogP contribution in [-0.4, -0.2) is 33.7 Å². The second-order valence-corrected chi connectivity index (χ2v) is 6.20. The van der Waals surface area contributed by atoms with Gasteiger partial charge in [-0.15, -0.1) is 0 Å². The van der Waals surface area contributed by atoms with Gasteiger partial charge in [-0.1, -0.05) is 17.7 Å². The fourth-order valence-corrected chi connectivity index (χ4v) is 2.87. The summed E-state index contributed by atoms with van der Waals surface area (Å²) in [6.07, 6.45) is -1.57. The normalized spacial score (nSPS) is 22.8. The van der Waals surface area contributed by atoms with Crippen molar-refractivity contribution in [2.24, 2.45) is 0 Å². The molecule has 6 nitrogen and oxygen atoms in total. The first-order valence-electron chi connectivity index (χ1n) is 5.72. The van der Waals surface area contributed by atoms with Crippen molar-refractivity contribution in [2.75, 3.05) is 12.4 Å². The Morgan fingerprint density at radius 3 is 2.74 bits per heavy atom. The molecule has 0 bridgehead atoms. The van der Waals surface area contributed by atoms with Gasteiger partial charge in [0.05, 0.1) is 16.6 Å². The molecule has 1 heterocycles. The van der Waals surface area contributed by atoms with Crippen molar-refractivity contribution in [3.05, 3.63) is 29.3 Å². The maximum Gasteiger partial charge on any atom is 0.514 e. The van der Waals surface area contributed by atoms with E-state index in [-0.39, 0.29) is 12.4 Å². The lowest BCUT2D eigenvalue weighted by molar-refractivity contribution is 0.0567. The highest BCUT2D eigenvalue weighted by Crippen LogP contribution is 2.46. The minimum absolute atomic E-state index is 0.0374. The van der Waals surface area contributed by atoms with Gasteiger partial charge < -0.3 is 18.6 Å². The van der Waals surface area contributed by atoms with Crippen molar-refractivity contribution in [3.8, 4) is 5.75 Å². The molecular weight excluding hydrogens is 272 g/mol. The van der Waals surface area contributed by atoms with E-state index in [4.69, 9.17) is 13.7 Å². The third kappa shape index (κ3) is 3.84. The van der Waals surface area contributed by atoms with E-state index in [0.29, 0.717) is 5.75 Å². The van der Waals surface area contributed by atoms with Gasteiger partial charge in [-0.3, -0.25) is 4.18 Å². The molecule has 1 aliphatic heterocycles. The average molecular weight is 288 g/mol. The second-order valence-electron chi connectivity index (χ2n) is 4.42. The molecule has 1 saturated heterocycles. The van der Waals surface area contributed by atoms with E-state index in [1.807, 2.05) is 26.0 Å². The van der Waals surface area contributed by atoms with E-state index in [2.05, 4.69) is 0 Å². The molecule has 1 unspecified atom stereocenters. The van der Waals surface area contributed by atoms with E-state index in [0.717, 1.165) is 11.1 Å². The van der Waals surface area contributed by atoms with Crippen molar-refractivity contribution >= 4 is 17.0 Å². The summed E-state index contributed by atoms with van der Waals surface area (Å²) in [5.41, 5.74) is 1.89. The van der Waals surface area contributed by atoms with Crippen LogP contribution in [-0.2, 0) is 8.92 Å². The molecule has 1 aromatic carbocycles. The van der Waals surface area contributed by atoms with Crippen molar-refractivity contribution in [1.29, 1.82) is 0 Å². The number of hydrogen-bond acceptors (Lipinski definition) is 6. The zero-order chi connectivity index (χ0) is 14.0. The lowest BCUT2D eigenvalue weighted by Gasteiger charge is -2.17. The van der Waals surface area contributed by atoms with Crippen molar-refractivity contribution in [2.45, 2.75) is 20.0 Å². The van der Waals surface area contributed by atoms with E-state index in [1.54, 1.807) is 6.07 Å². The molecular formula is C12H16O6S. The Kier molecular flexibility index (Phi) is 4.00. The molecule has 106 valence electrons. The molecule has 7 heteroatoms. The fourth-order valence-electron chi connectivity index (χ4n) is 1.76. The van der Waals surface area contributed by atoms with Gasteiger partial charge >= 0.3 is 6.16 Å². The van der Waals surface area contributed by atoms with Crippen LogP contribution in [0.4, 0.5) is 4.79 Å². The molecule has 0 spiro atoms. The van der Waals surface area contributed by atoms with Gasteiger partial charge in [0, 0.05) is 0 Å². The van der Waals surface area contributed by atoms with Crippen LogP contribution >= 0.6 is 10.9 Å². The van der Waals surface area contributed by atoms with Crippen LogP contribution in [0.3, 0.4) is 0 Å². The first-order chi connectivity index (χ1) is 8.85. The number of rotatable bonds is 2. The highest BCUT2D eigenvalue weighted by Gasteiger charge is 2.35. The summed E-state index contributed by atoms with van der Waals surface area (Å²) in [5.74, 6) is 0.302.